The van der Waals surface area contributed by atoms with Crippen molar-refractivity contribution in [3.8, 4) is 0 Å². The van der Waals surface area contributed by atoms with Crippen LogP contribution >= 0.6 is 11.6 Å². The Morgan fingerprint density at radius 3 is 2.69 bits per heavy atom. The molecule has 1 aliphatic heterocycles. The molecule has 1 rings (SSSR count). The van der Waals surface area contributed by atoms with Gasteiger partial charge in [-0.25, -0.2) is 0 Å². The monoisotopic (exact) mass is 202 g/mol. The normalized spacial score (nSPS) is 19.8. The maximum absolute atomic E-state index is 5.40. The lowest BCUT2D eigenvalue weighted by Gasteiger charge is -2.26. The van der Waals surface area contributed by atoms with Gasteiger partial charge in [-0.2, -0.15) is 0 Å². The number of nitrogens with one attached hydrogen (secondary N) is 1. The molecule has 1 heterocycles. The lowest BCUT2D eigenvalue weighted by molar-refractivity contribution is 0.230. The molecule has 1 fully saturated rings. The van der Waals surface area contributed by atoms with E-state index in [1.807, 2.05) is 6.08 Å². The Balaban J connectivity index is 1.92. The van der Waals surface area contributed by atoms with Gasteiger partial charge in [0.05, 0.1) is 0 Å². The fourth-order valence-electron chi connectivity index (χ4n) is 1.65. The topological polar surface area (TPSA) is 15.3 Å². The summed E-state index contributed by atoms with van der Waals surface area (Å²) in [5, 5.41) is 3.32. The van der Waals surface area contributed by atoms with Gasteiger partial charge in [0.15, 0.2) is 0 Å². The largest absolute Gasteiger partial charge is 0.312 e. The van der Waals surface area contributed by atoms with Crippen LogP contribution in [-0.4, -0.2) is 37.6 Å². The summed E-state index contributed by atoms with van der Waals surface area (Å²) in [6.45, 7) is 5.70. The average Bonchev–Trinajstić information content (AvgIpc) is 2.19. The zero-order valence-corrected chi connectivity index (χ0v) is 8.89. The van der Waals surface area contributed by atoms with E-state index in [9.17, 15) is 0 Å². The van der Waals surface area contributed by atoms with Crippen LogP contribution in [0.1, 0.15) is 19.3 Å². The smallest absolute Gasteiger partial charge is 0.0147 e. The number of likely N-dealkylation sites (tertiary alicyclic amines) is 1. The van der Waals surface area contributed by atoms with Crippen LogP contribution in [-0.2, 0) is 0 Å². The molecule has 0 amide bonds. The molecular formula is C10H19ClN2. The molecule has 0 aromatic rings. The summed E-state index contributed by atoms with van der Waals surface area (Å²) in [5.41, 5.74) is 1.56. The van der Waals surface area contributed by atoms with Crippen LogP contribution in [0.4, 0.5) is 0 Å². The van der Waals surface area contributed by atoms with E-state index in [2.05, 4.69) is 10.2 Å². The molecule has 0 aromatic heterocycles. The highest BCUT2D eigenvalue weighted by atomic mass is 35.5. The third-order valence-corrected chi connectivity index (χ3v) is 2.58. The summed E-state index contributed by atoms with van der Waals surface area (Å²) in [6.07, 6.45) is 6.10. The molecule has 0 spiro atoms. The Labute approximate surface area is 85.9 Å². The molecule has 0 saturated carbocycles. The molecule has 0 bridgehead atoms. The highest BCUT2D eigenvalue weighted by Crippen LogP contribution is 2.06. The van der Waals surface area contributed by atoms with E-state index >= 15 is 0 Å². The first-order chi connectivity index (χ1) is 6.43. The third-order valence-electron chi connectivity index (χ3n) is 2.40. The van der Waals surface area contributed by atoms with Crippen molar-refractivity contribution in [2.75, 3.05) is 32.7 Å². The Morgan fingerprint density at radius 2 is 2.00 bits per heavy atom. The fraction of sp³-hybridized carbons (Fsp3) is 0.800. The summed E-state index contributed by atoms with van der Waals surface area (Å²) in [4.78, 5) is 2.53. The lowest BCUT2D eigenvalue weighted by atomic mass is 10.1. The van der Waals surface area contributed by atoms with Crippen molar-refractivity contribution < 1.29 is 0 Å². The van der Waals surface area contributed by atoms with Gasteiger partial charge in [-0.1, -0.05) is 24.1 Å². The summed E-state index contributed by atoms with van der Waals surface area (Å²) < 4.78 is 0. The standard InChI is InChI=1S/C10H19ClN2/c11-5-4-6-12-7-10-13-8-2-1-3-9-13/h4-5,12H,1-3,6-10H2/b5-4+. The summed E-state index contributed by atoms with van der Waals surface area (Å²) in [5.74, 6) is 0. The molecule has 1 aliphatic rings. The van der Waals surface area contributed by atoms with Gasteiger partial charge in [0.2, 0.25) is 0 Å². The maximum Gasteiger partial charge on any atom is 0.0147 e. The van der Waals surface area contributed by atoms with Crippen molar-refractivity contribution in [1.82, 2.24) is 10.2 Å². The maximum atomic E-state index is 5.40. The van der Waals surface area contributed by atoms with Gasteiger partial charge in [0.25, 0.3) is 0 Å². The first-order valence-electron chi connectivity index (χ1n) is 5.12. The number of hydrogen-bond acceptors (Lipinski definition) is 2. The van der Waals surface area contributed by atoms with Crippen molar-refractivity contribution >= 4 is 11.6 Å². The molecule has 0 radical (unpaired) electrons. The molecule has 0 atom stereocenters. The second kappa shape index (κ2) is 7.36. The summed E-state index contributed by atoms with van der Waals surface area (Å²) in [6, 6.07) is 0. The highest BCUT2D eigenvalue weighted by Gasteiger charge is 2.08. The van der Waals surface area contributed by atoms with Crippen LogP contribution in [0, 0.1) is 0 Å². The van der Waals surface area contributed by atoms with Crippen LogP contribution < -0.4 is 5.32 Å². The van der Waals surface area contributed by atoms with E-state index in [0.29, 0.717) is 0 Å². The number of rotatable bonds is 5. The minimum absolute atomic E-state index is 0.886. The van der Waals surface area contributed by atoms with Crippen LogP contribution in [0.25, 0.3) is 0 Å². The van der Waals surface area contributed by atoms with E-state index < -0.39 is 0 Å². The Bertz CT molecular complexity index is 142. The minimum Gasteiger partial charge on any atom is -0.312 e. The second-order valence-corrected chi connectivity index (χ2v) is 3.72. The molecule has 13 heavy (non-hydrogen) atoms. The summed E-state index contributed by atoms with van der Waals surface area (Å²) in [7, 11) is 0. The Hall–Kier alpha value is -0.0500. The van der Waals surface area contributed by atoms with Gasteiger partial charge >= 0.3 is 0 Å². The molecule has 3 heteroatoms. The molecule has 76 valence electrons. The molecule has 0 aromatic carbocycles. The van der Waals surface area contributed by atoms with E-state index in [-0.39, 0.29) is 0 Å². The second-order valence-electron chi connectivity index (χ2n) is 3.47. The van der Waals surface area contributed by atoms with Crippen LogP contribution in [0.5, 0.6) is 0 Å². The number of nitrogens with zero attached hydrogens (tertiary/aromatic N) is 1. The SMILES string of the molecule is Cl/C=C/CNCCN1CCCCC1. The highest BCUT2D eigenvalue weighted by molar-refractivity contribution is 6.25. The molecular weight excluding hydrogens is 184 g/mol. The zero-order chi connectivity index (χ0) is 9.36. The van der Waals surface area contributed by atoms with E-state index in [4.69, 9.17) is 11.6 Å². The molecule has 0 unspecified atom stereocenters. The third kappa shape index (κ3) is 5.29. The average molecular weight is 203 g/mol. The predicted octanol–water partition coefficient (Wildman–Crippen LogP) is 1.81. The number of piperidine rings is 1. The van der Waals surface area contributed by atoms with E-state index in [1.54, 1.807) is 5.54 Å². The first kappa shape index (κ1) is 11.0. The Morgan fingerprint density at radius 1 is 1.23 bits per heavy atom. The minimum atomic E-state index is 0.886. The molecule has 1 saturated heterocycles. The molecule has 1 N–H and O–H groups in total. The number of halogens is 1. The zero-order valence-electron chi connectivity index (χ0n) is 8.14. The van der Waals surface area contributed by atoms with Crippen LogP contribution in [0.3, 0.4) is 0 Å². The Kier molecular flexibility index (Phi) is 6.25. The predicted molar refractivity (Wildman–Crippen MR) is 58.2 cm³/mol. The first-order valence-corrected chi connectivity index (χ1v) is 5.55. The van der Waals surface area contributed by atoms with Crippen LogP contribution in [0.15, 0.2) is 11.6 Å². The van der Waals surface area contributed by atoms with Gasteiger partial charge in [-0.05, 0) is 25.9 Å². The van der Waals surface area contributed by atoms with Crippen molar-refractivity contribution in [3.05, 3.63) is 11.6 Å². The fourth-order valence-corrected chi connectivity index (χ4v) is 1.74. The van der Waals surface area contributed by atoms with Crippen molar-refractivity contribution in [1.29, 1.82) is 0 Å². The van der Waals surface area contributed by atoms with Crippen LogP contribution in [0.2, 0.25) is 0 Å². The van der Waals surface area contributed by atoms with Crippen molar-refractivity contribution in [3.63, 3.8) is 0 Å². The van der Waals surface area contributed by atoms with E-state index in [1.165, 1.54) is 38.9 Å². The van der Waals surface area contributed by atoms with E-state index in [0.717, 1.165) is 13.1 Å². The van der Waals surface area contributed by atoms with Gasteiger partial charge in [-0.3, -0.25) is 0 Å². The quantitative estimate of drug-likeness (QED) is 0.685. The summed E-state index contributed by atoms with van der Waals surface area (Å²) >= 11 is 5.40. The van der Waals surface area contributed by atoms with Gasteiger partial charge in [0.1, 0.15) is 0 Å². The van der Waals surface area contributed by atoms with Crippen molar-refractivity contribution in [2.45, 2.75) is 19.3 Å². The van der Waals surface area contributed by atoms with Gasteiger partial charge < -0.3 is 10.2 Å². The van der Waals surface area contributed by atoms with Gasteiger partial charge in [-0.15, -0.1) is 0 Å². The lowest BCUT2D eigenvalue weighted by Crippen LogP contribution is -2.35. The molecule has 2 nitrogen and oxygen atoms in total. The molecule has 0 aliphatic carbocycles. The number of hydrogen-bond donors (Lipinski definition) is 1. The van der Waals surface area contributed by atoms with Crippen molar-refractivity contribution in [2.24, 2.45) is 0 Å². The van der Waals surface area contributed by atoms with Gasteiger partial charge in [0, 0.05) is 25.2 Å².